The molecule has 1 atom stereocenters. The number of nitrogens with zero attached hydrogens (tertiary/aromatic N) is 1. The van der Waals surface area contributed by atoms with Gasteiger partial charge in [-0.2, -0.15) is 0 Å². The van der Waals surface area contributed by atoms with Gasteiger partial charge in [-0.05, 0) is 80.5 Å². The number of amides is 2. The molecule has 27 heavy (non-hydrogen) atoms. The summed E-state index contributed by atoms with van der Waals surface area (Å²) in [5.41, 5.74) is 0.484. The van der Waals surface area contributed by atoms with Gasteiger partial charge in [-0.1, -0.05) is 32.1 Å². The van der Waals surface area contributed by atoms with E-state index in [-0.39, 0.29) is 17.9 Å². The lowest BCUT2D eigenvalue weighted by atomic mass is 9.49. The van der Waals surface area contributed by atoms with E-state index in [4.69, 9.17) is 0 Å². The normalized spacial score (nSPS) is 41.9. The maximum Gasteiger partial charge on any atom is 0.312 e. The molecule has 1 N–H and O–H groups in total. The van der Waals surface area contributed by atoms with Crippen molar-refractivity contribution in [3.05, 3.63) is 0 Å². The lowest BCUT2D eigenvalue weighted by Gasteiger charge is -2.57. The van der Waals surface area contributed by atoms with Crippen LogP contribution in [0.1, 0.15) is 83.5 Å². The summed E-state index contributed by atoms with van der Waals surface area (Å²) in [6.07, 6.45) is 17.5. The number of hydrogen-bond acceptors (Lipinski definition) is 2. The van der Waals surface area contributed by atoms with Gasteiger partial charge in [0.1, 0.15) is 0 Å². The molecule has 0 radical (unpaired) electrons. The largest absolute Gasteiger partial charge is 0.346 e. The molecule has 5 saturated carbocycles. The van der Waals surface area contributed by atoms with Crippen molar-refractivity contribution in [3.8, 4) is 0 Å². The van der Waals surface area contributed by atoms with Gasteiger partial charge < -0.3 is 10.2 Å². The second-order valence-electron chi connectivity index (χ2n) is 10.8. The minimum atomic E-state index is -0.375. The smallest absolute Gasteiger partial charge is 0.312 e. The first kappa shape index (κ1) is 18.0. The first-order valence-electron chi connectivity index (χ1n) is 11.7. The molecule has 1 aliphatic heterocycles. The van der Waals surface area contributed by atoms with E-state index in [1.54, 1.807) is 0 Å². The second kappa shape index (κ2) is 7.08. The molecular formula is C23H36N2O2. The summed E-state index contributed by atoms with van der Waals surface area (Å²) >= 11 is 0. The van der Waals surface area contributed by atoms with Gasteiger partial charge in [0.2, 0.25) is 0 Å². The van der Waals surface area contributed by atoms with Crippen molar-refractivity contribution in [2.75, 3.05) is 13.1 Å². The second-order valence-corrected chi connectivity index (χ2v) is 10.8. The van der Waals surface area contributed by atoms with E-state index in [1.165, 1.54) is 70.6 Å². The average Bonchev–Trinajstić information content (AvgIpc) is 2.64. The molecule has 1 saturated heterocycles. The molecule has 4 heteroatoms. The van der Waals surface area contributed by atoms with E-state index in [2.05, 4.69) is 5.32 Å². The van der Waals surface area contributed by atoms with E-state index in [9.17, 15) is 9.59 Å². The summed E-state index contributed by atoms with van der Waals surface area (Å²) in [6.45, 7) is 1.48. The van der Waals surface area contributed by atoms with Gasteiger partial charge in [0.25, 0.3) is 0 Å². The summed E-state index contributed by atoms with van der Waals surface area (Å²) in [5, 5.41) is 2.87. The number of hydrogen-bond donors (Lipinski definition) is 1. The van der Waals surface area contributed by atoms with Crippen LogP contribution in [-0.2, 0) is 9.59 Å². The van der Waals surface area contributed by atoms with Gasteiger partial charge in [0.15, 0.2) is 0 Å². The Morgan fingerprint density at radius 3 is 2.19 bits per heavy atom. The Labute approximate surface area is 163 Å². The molecule has 1 heterocycles. The fourth-order valence-electron chi connectivity index (χ4n) is 7.95. The summed E-state index contributed by atoms with van der Waals surface area (Å²) in [7, 11) is 0. The molecule has 4 bridgehead atoms. The molecule has 0 aromatic heterocycles. The molecule has 4 nitrogen and oxygen atoms in total. The van der Waals surface area contributed by atoms with Crippen molar-refractivity contribution < 1.29 is 9.59 Å². The SMILES string of the molecule is O=C1NC[C@H](CC2CCCCC2)N(CCC23CC4CC(CC(C4)C2)C3)C1=O. The van der Waals surface area contributed by atoms with Crippen LogP contribution in [0, 0.1) is 29.1 Å². The van der Waals surface area contributed by atoms with Crippen LogP contribution >= 0.6 is 0 Å². The Morgan fingerprint density at radius 2 is 1.56 bits per heavy atom. The number of rotatable bonds is 5. The zero-order valence-corrected chi connectivity index (χ0v) is 16.8. The monoisotopic (exact) mass is 372 g/mol. The first-order chi connectivity index (χ1) is 13.1. The fourth-order valence-corrected chi connectivity index (χ4v) is 7.95. The summed E-state index contributed by atoms with van der Waals surface area (Å²) in [5.74, 6) is 2.97. The predicted octanol–water partition coefficient (Wildman–Crippen LogP) is 3.89. The van der Waals surface area contributed by atoms with E-state index in [0.717, 1.165) is 43.1 Å². The summed E-state index contributed by atoms with van der Waals surface area (Å²) in [4.78, 5) is 26.8. The highest BCUT2D eigenvalue weighted by molar-refractivity contribution is 6.35. The van der Waals surface area contributed by atoms with Gasteiger partial charge in [0, 0.05) is 19.1 Å². The molecule has 0 spiro atoms. The highest BCUT2D eigenvalue weighted by atomic mass is 16.2. The Kier molecular flexibility index (Phi) is 4.72. The molecule has 0 unspecified atom stereocenters. The molecular weight excluding hydrogens is 336 g/mol. The lowest BCUT2D eigenvalue weighted by Crippen LogP contribution is -2.59. The van der Waals surface area contributed by atoms with E-state index in [0.29, 0.717) is 12.0 Å². The van der Waals surface area contributed by atoms with E-state index < -0.39 is 0 Å². The van der Waals surface area contributed by atoms with E-state index in [1.807, 2.05) is 4.90 Å². The fraction of sp³-hybridized carbons (Fsp3) is 0.913. The van der Waals surface area contributed by atoms with Crippen LogP contribution < -0.4 is 5.32 Å². The number of nitrogens with one attached hydrogen (secondary N) is 1. The number of carbonyl (C=O) groups excluding carboxylic acids is 2. The average molecular weight is 373 g/mol. The highest BCUT2D eigenvalue weighted by Gasteiger charge is 2.51. The molecule has 6 aliphatic rings. The minimum absolute atomic E-state index is 0.229. The molecule has 2 amide bonds. The zero-order valence-electron chi connectivity index (χ0n) is 16.8. The van der Waals surface area contributed by atoms with Crippen molar-refractivity contribution in [3.63, 3.8) is 0 Å². The maximum absolute atomic E-state index is 12.7. The third kappa shape index (κ3) is 3.53. The molecule has 6 fully saturated rings. The van der Waals surface area contributed by atoms with Gasteiger partial charge in [0.05, 0.1) is 0 Å². The first-order valence-corrected chi connectivity index (χ1v) is 11.7. The number of carbonyl (C=O) groups is 2. The van der Waals surface area contributed by atoms with Crippen LogP contribution in [0.4, 0.5) is 0 Å². The van der Waals surface area contributed by atoms with Crippen LogP contribution in [-0.4, -0.2) is 35.8 Å². The van der Waals surface area contributed by atoms with Crippen LogP contribution in [0.3, 0.4) is 0 Å². The third-order valence-corrected chi connectivity index (χ3v) is 8.77. The quantitative estimate of drug-likeness (QED) is 0.744. The van der Waals surface area contributed by atoms with Crippen LogP contribution in [0.25, 0.3) is 0 Å². The Bertz CT molecular complexity index is 560. The predicted molar refractivity (Wildman–Crippen MR) is 105 cm³/mol. The van der Waals surface area contributed by atoms with Crippen LogP contribution in [0.2, 0.25) is 0 Å². The Balaban J connectivity index is 1.26. The standard InChI is InChI=1S/C23H36N2O2/c26-21-22(27)25(20(15-24-21)11-16-4-2-1-3-5-16)7-6-23-12-17-8-18(13-23)10-19(9-17)14-23/h16-20H,1-15H2,(H,24,26)/t17?,18?,19?,20-,23?/m0/s1. The number of piperazine rings is 1. The molecule has 5 aliphatic carbocycles. The third-order valence-electron chi connectivity index (χ3n) is 8.77. The summed E-state index contributed by atoms with van der Waals surface area (Å²) in [6, 6.07) is 0.229. The van der Waals surface area contributed by atoms with Gasteiger partial charge in [-0.3, -0.25) is 9.59 Å². The van der Waals surface area contributed by atoms with Crippen LogP contribution in [0.15, 0.2) is 0 Å². The van der Waals surface area contributed by atoms with E-state index >= 15 is 0 Å². The van der Waals surface area contributed by atoms with Crippen molar-refractivity contribution in [2.24, 2.45) is 29.1 Å². The highest BCUT2D eigenvalue weighted by Crippen LogP contribution is 2.61. The lowest BCUT2D eigenvalue weighted by molar-refractivity contribution is -0.152. The Hall–Kier alpha value is -1.06. The topological polar surface area (TPSA) is 49.4 Å². The molecule has 6 rings (SSSR count). The molecule has 0 aromatic carbocycles. The van der Waals surface area contributed by atoms with Crippen molar-refractivity contribution in [1.82, 2.24) is 10.2 Å². The minimum Gasteiger partial charge on any atom is -0.346 e. The van der Waals surface area contributed by atoms with Crippen molar-refractivity contribution in [2.45, 2.75) is 89.5 Å². The van der Waals surface area contributed by atoms with Gasteiger partial charge >= 0.3 is 11.8 Å². The van der Waals surface area contributed by atoms with Crippen molar-refractivity contribution >= 4 is 11.8 Å². The Morgan fingerprint density at radius 1 is 0.926 bits per heavy atom. The zero-order chi connectivity index (χ0) is 18.4. The maximum atomic E-state index is 12.7. The molecule has 0 aromatic rings. The van der Waals surface area contributed by atoms with Gasteiger partial charge in [-0.15, -0.1) is 0 Å². The van der Waals surface area contributed by atoms with Crippen LogP contribution in [0.5, 0.6) is 0 Å². The van der Waals surface area contributed by atoms with Crippen molar-refractivity contribution in [1.29, 1.82) is 0 Å². The molecule has 150 valence electrons. The van der Waals surface area contributed by atoms with Gasteiger partial charge in [-0.25, -0.2) is 0 Å². The summed E-state index contributed by atoms with van der Waals surface area (Å²) < 4.78 is 0.